The first-order valence-corrected chi connectivity index (χ1v) is 9.12. The number of benzene rings is 1. The van der Waals surface area contributed by atoms with E-state index >= 15 is 0 Å². The van der Waals surface area contributed by atoms with Crippen LogP contribution in [0.25, 0.3) is 0 Å². The Morgan fingerprint density at radius 2 is 0.909 bits per heavy atom. The predicted molar refractivity (Wildman–Crippen MR) is 87.0 cm³/mol. The van der Waals surface area contributed by atoms with Gasteiger partial charge in [-0.05, 0) is 0 Å². The Hall–Kier alpha value is 0.624. The van der Waals surface area contributed by atoms with Gasteiger partial charge in [0.05, 0.1) is 0 Å². The van der Waals surface area contributed by atoms with Gasteiger partial charge in [-0.3, -0.25) is 0 Å². The molecule has 0 N–H and O–H groups in total. The van der Waals surface area contributed by atoms with Crippen molar-refractivity contribution in [1.82, 2.24) is 0 Å². The summed E-state index contributed by atoms with van der Waals surface area (Å²) in [5.74, 6) is 0. The Kier molecular flexibility index (Phi) is 33.1. The van der Waals surface area contributed by atoms with Gasteiger partial charge in [0.25, 0.3) is 0 Å². The number of hydrogen-bond donors (Lipinski definition) is 0. The molecule has 0 aliphatic rings. The minimum Gasteiger partial charge on any atom is -0.184 e. The van der Waals surface area contributed by atoms with E-state index in [2.05, 4.69) is 58.0 Å². The topological polar surface area (TPSA) is 55.4 Å². The Morgan fingerprint density at radius 3 is 0.955 bits per heavy atom. The number of hydrogen-bond acceptors (Lipinski definition) is 6. The van der Waals surface area contributed by atoms with Crippen molar-refractivity contribution in [3.05, 3.63) is 36.4 Å². The normalized spacial score (nSPS) is 9.05. The van der Waals surface area contributed by atoms with Crippen molar-refractivity contribution in [2.75, 3.05) is 42.7 Å². The van der Waals surface area contributed by atoms with Crippen LogP contribution < -0.4 is 0 Å². The molecule has 0 atom stereocenters. The number of halogens is 1. The molecular formula is C12H23ClNiO6P2-. The first-order chi connectivity index (χ1) is 10.7. The molecule has 0 heterocycles. The maximum Gasteiger partial charge on any atom is -0.171 e. The van der Waals surface area contributed by atoms with E-state index in [0.717, 1.165) is 0 Å². The third kappa shape index (κ3) is 22.9. The zero-order valence-electron chi connectivity index (χ0n) is 13.4. The Labute approximate surface area is 148 Å². The van der Waals surface area contributed by atoms with Crippen molar-refractivity contribution in [2.45, 2.75) is 0 Å². The second-order valence-electron chi connectivity index (χ2n) is 2.62. The van der Waals surface area contributed by atoms with Crippen molar-refractivity contribution in [1.29, 1.82) is 0 Å². The molecule has 0 fully saturated rings. The molecule has 0 saturated carbocycles. The molecule has 22 heavy (non-hydrogen) atoms. The molecule has 0 radical (unpaired) electrons. The molecule has 1 rings (SSSR count). The smallest absolute Gasteiger partial charge is 0.171 e. The van der Waals surface area contributed by atoms with Crippen molar-refractivity contribution in [2.24, 2.45) is 0 Å². The van der Waals surface area contributed by atoms with E-state index in [-0.39, 0.29) is 0 Å². The van der Waals surface area contributed by atoms with E-state index in [4.69, 9.17) is 0 Å². The van der Waals surface area contributed by atoms with Gasteiger partial charge >= 0.3 is 42.0 Å². The average Bonchev–Trinajstić information content (AvgIpc) is 2.62. The van der Waals surface area contributed by atoms with Gasteiger partial charge in [-0.25, -0.2) is 0 Å². The van der Waals surface area contributed by atoms with Gasteiger partial charge in [-0.1, -0.05) is 0 Å². The van der Waals surface area contributed by atoms with Crippen LogP contribution >= 0.6 is 27.4 Å². The summed E-state index contributed by atoms with van der Waals surface area (Å²) in [6, 6.07) is 12.5. The molecule has 0 aromatic heterocycles. The Balaban J connectivity index is -0.000000233. The molecule has 0 bridgehead atoms. The van der Waals surface area contributed by atoms with E-state index in [0.29, 0.717) is 0 Å². The van der Waals surface area contributed by atoms with E-state index in [1.807, 2.05) is 30.3 Å². The molecule has 1 aromatic carbocycles. The first-order valence-electron chi connectivity index (χ1n) is 5.58. The summed E-state index contributed by atoms with van der Waals surface area (Å²) in [5, 5.41) is 0. The van der Waals surface area contributed by atoms with Crippen molar-refractivity contribution in [3.8, 4) is 0 Å². The second-order valence-corrected chi connectivity index (χ2v) is 5.71. The third-order valence-electron chi connectivity index (χ3n) is 1.50. The minimum atomic E-state index is -1.05. The van der Waals surface area contributed by atoms with E-state index in [1.54, 1.807) is 42.7 Å². The van der Waals surface area contributed by atoms with E-state index in [9.17, 15) is 0 Å². The van der Waals surface area contributed by atoms with Crippen LogP contribution in [0.15, 0.2) is 30.3 Å². The van der Waals surface area contributed by atoms with Gasteiger partial charge < -0.3 is 27.1 Å². The van der Waals surface area contributed by atoms with Crippen LogP contribution in [0.1, 0.15) is 0 Å². The quantitative estimate of drug-likeness (QED) is 0.385. The van der Waals surface area contributed by atoms with Crippen LogP contribution in [0.3, 0.4) is 0 Å². The van der Waals surface area contributed by atoms with Crippen LogP contribution in [-0.4, -0.2) is 42.7 Å². The summed E-state index contributed by atoms with van der Waals surface area (Å²) in [5.41, 5.74) is 0. The molecule has 135 valence electrons. The monoisotopic (exact) mass is 418 g/mol. The second kappa shape index (κ2) is 26.5. The largest absolute Gasteiger partial charge is 0.184 e. The summed E-state index contributed by atoms with van der Waals surface area (Å²) >= 11 is 3.35. The predicted octanol–water partition coefficient (Wildman–Crippen LogP) is 4.48. The molecule has 0 unspecified atom stereocenters. The Morgan fingerprint density at radius 1 is 0.636 bits per heavy atom. The molecule has 0 aliphatic carbocycles. The van der Waals surface area contributed by atoms with Gasteiger partial charge in [-0.2, -0.15) is 36.4 Å². The summed E-state index contributed by atoms with van der Waals surface area (Å²) in [4.78, 5) is 0. The first kappa shape index (κ1) is 27.5. The zero-order chi connectivity index (χ0) is 17.6. The molecular weight excluding hydrogens is 396 g/mol. The van der Waals surface area contributed by atoms with E-state index < -0.39 is 17.2 Å². The van der Waals surface area contributed by atoms with Crippen LogP contribution in [0.4, 0.5) is 0 Å². The van der Waals surface area contributed by atoms with Crippen LogP contribution in [0, 0.1) is 6.07 Å². The third-order valence-corrected chi connectivity index (χ3v) is 3.29. The summed E-state index contributed by atoms with van der Waals surface area (Å²) in [7, 11) is 11.4. The standard InChI is InChI=1S/C6H5.2C3H9O3P.ClH.Ni/c1-2-4-6-5-3-1;2*1-4-7(5-2)6-3;;/h1-5H;2*1-3H3;1H;/q-1;;;;+1/p-1. The summed E-state index contributed by atoms with van der Waals surface area (Å²) in [6.45, 7) is 0. The zero-order valence-corrected chi connectivity index (χ0v) is 17.0. The van der Waals surface area contributed by atoms with Crippen LogP contribution in [-0.2, 0) is 41.7 Å². The van der Waals surface area contributed by atoms with Crippen molar-refractivity contribution < 1.29 is 41.7 Å². The van der Waals surface area contributed by atoms with Crippen LogP contribution in [0.2, 0.25) is 0 Å². The molecule has 6 nitrogen and oxygen atoms in total. The number of rotatable bonds is 6. The summed E-state index contributed by atoms with van der Waals surface area (Å²) in [6.07, 6.45) is 0. The van der Waals surface area contributed by atoms with Gasteiger partial charge in [0.1, 0.15) is 0 Å². The average molecular weight is 419 g/mol. The van der Waals surface area contributed by atoms with Crippen molar-refractivity contribution in [3.63, 3.8) is 0 Å². The van der Waals surface area contributed by atoms with Crippen LogP contribution in [0.5, 0.6) is 0 Å². The fourth-order valence-corrected chi connectivity index (χ4v) is 1.68. The molecule has 0 amide bonds. The van der Waals surface area contributed by atoms with Gasteiger partial charge in [-0.15, -0.1) is 0 Å². The Bertz CT molecular complexity index is 219. The SMILES string of the molecule is COP(OC)OC.COP(OC)OC.[Cl][Ni].[c-]1ccccc1. The molecule has 0 saturated heterocycles. The fraction of sp³-hybridized carbons (Fsp3) is 0.500. The maximum atomic E-state index is 4.67. The van der Waals surface area contributed by atoms with Gasteiger partial charge in [0.15, 0.2) is 0 Å². The maximum absolute atomic E-state index is 4.67. The van der Waals surface area contributed by atoms with Gasteiger partial charge in [0.2, 0.25) is 0 Å². The van der Waals surface area contributed by atoms with E-state index in [1.165, 1.54) is 0 Å². The van der Waals surface area contributed by atoms with Crippen molar-refractivity contribution >= 4 is 27.4 Å². The van der Waals surface area contributed by atoms with Gasteiger partial charge in [0, 0.05) is 42.7 Å². The molecule has 1 aromatic rings. The fourth-order valence-electron chi connectivity index (χ4n) is 0.789. The molecule has 0 aliphatic heterocycles. The molecule has 10 heteroatoms. The molecule has 0 spiro atoms. The summed E-state index contributed by atoms with van der Waals surface area (Å²) < 4.78 is 28.0. The minimum absolute atomic E-state index is 1.05.